The summed E-state index contributed by atoms with van der Waals surface area (Å²) in [6.45, 7) is 2.03. The fourth-order valence-electron chi connectivity index (χ4n) is 2.65. The molecule has 23 heavy (non-hydrogen) atoms. The van der Waals surface area contributed by atoms with Crippen molar-refractivity contribution >= 4 is 0 Å². The molecule has 1 aromatic heterocycles. The van der Waals surface area contributed by atoms with Gasteiger partial charge in [0.15, 0.2) is 0 Å². The summed E-state index contributed by atoms with van der Waals surface area (Å²) in [6, 6.07) is 15.9. The molecule has 0 aliphatic rings. The van der Waals surface area contributed by atoms with Crippen LogP contribution in [-0.4, -0.2) is 20.1 Å². The molecular weight excluding hydrogens is 288 g/mol. The minimum absolute atomic E-state index is 0.0608. The van der Waals surface area contributed by atoms with Crippen LogP contribution >= 0.6 is 0 Å². The van der Waals surface area contributed by atoms with E-state index in [1.807, 2.05) is 49.4 Å². The van der Waals surface area contributed by atoms with Crippen molar-refractivity contribution in [3.63, 3.8) is 0 Å². The Morgan fingerprint density at radius 1 is 1.17 bits per heavy atom. The maximum Gasteiger partial charge on any atom is 0.254 e. The molecule has 0 saturated carbocycles. The lowest BCUT2D eigenvalue weighted by Crippen LogP contribution is -2.00. The van der Waals surface area contributed by atoms with Crippen LogP contribution in [0, 0.1) is 18.3 Å². The third-order valence-corrected chi connectivity index (χ3v) is 3.93. The highest BCUT2D eigenvalue weighted by Gasteiger charge is 2.13. The highest BCUT2D eigenvalue weighted by Crippen LogP contribution is 2.29. The third kappa shape index (κ3) is 2.79. The van der Waals surface area contributed by atoms with Crippen LogP contribution in [-0.2, 0) is 13.5 Å². The SMILES string of the molecule is Cc1ccccc1-c1cc(Cc2c(O)nnn2C)ccc1C#N. The fourth-order valence-corrected chi connectivity index (χ4v) is 2.65. The van der Waals surface area contributed by atoms with Crippen molar-refractivity contribution in [1.29, 1.82) is 5.26 Å². The van der Waals surface area contributed by atoms with E-state index in [1.165, 1.54) is 0 Å². The second-order valence-electron chi connectivity index (χ2n) is 5.47. The van der Waals surface area contributed by atoms with Crippen LogP contribution in [0.15, 0.2) is 42.5 Å². The number of nitrogens with zero attached hydrogens (tertiary/aromatic N) is 4. The number of hydrogen-bond donors (Lipinski definition) is 1. The first kappa shape index (κ1) is 14.8. The van der Waals surface area contributed by atoms with E-state index in [1.54, 1.807) is 11.7 Å². The smallest absolute Gasteiger partial charge is 0.254 e. The van der Waals surface area contributed by atoms with Gasteiger partial charge in [-0.15, -0.1) is 0 Å². The molecule has 1 N–H and O–H groups in total. The van der Waals surface area contributed by atoms with Gasteiger partial charge in [0.25, 0.3) is 5.88 Å². The molecule has 0 unspecified atom stereocenters. The van der Waals surface area contributed by atoms with E-state index >= 15 is 0 Å². The maximum atomic E-state index is 9.78. The standard InChI is InChI=1S/C18H16N4O/c1-12-5-3-4-6-15(12)16-9-13(7-8-14(16)11-19)10-17-18(23)20-21-22(17)2/h3-9,23H,10H2,1-2H3. The van der Waals surface area contributed by atoms with Gasteiger partial charge in [0.1, 0.15) is 5.69 Å². The van der Waals surface area contributed by atoms with Gasteiger partial charge in [-0.2, -0.15) is 5.26 Å². The van der Waals surface area contributed by atoms with E-state index in [0.717, 1.165) is 22.3 Å². The molecule has 0 atom stereocenters. The van der Waals surface area contributed by atoms with E-state index in [-0.39, 0.29) is 5.88 Å². The maximum absolute atomic E-state index is 9.78. The Labute approximate surface area is 134 Å². The molecule has 0 amide bonds. The lowest BCUT2D eigenvalue weighted by molar-refractivity contribution is 0.446. The second kappa shape index (κ2) is 5.93. The van der Waals surface area contributed by atoms with Gasteiger partial charge in [0, 0.05) is 13.5 Å². The molecule has 0 fully saturated rings. The van der Waals surface area contributed by atoms with E-state index in [9.17, 15) is 10.4 Å². The van der Waals surface area contributed by atoms with Gasteiger partial charge < -0.3 is 5.11 Å². The lowest BCUT2D eigenvalue weighted by Gasteiger charge is -2.10. The largest absolute Gasteiger partial charge is 0.491 e. The number of nitriles is 1. The predicted octanol–water partition coefficient (Wildman–Crippen LogP) is 2.96. The van der Waals surface area contributed by atoms with E-state index in [0.29, 0.717) is 17.7 Å². The van der Waals surface area contributed by atoms with Crippen LogP contribution in [0.3, 0.4) is 0 Å². The van der Waals surface area contributed by atoms with Gasteiger partial charge in [-0.05, 0) is 41.3 Å². The number of hydrogen-bond acceptors (Lipinski definition) is 4. The molecular formula is C18H16N4O. The van der Waals surface area contributed by atoms with Gasteiger partial charge in [-0.1, -0.05) is 40.6 Å². The van der Waals surface area contributed by atoms with Crippen molar-refractivity contribution < 1.29 is 5.11 Å². The molecule has 0 radical (unpaired) electrons. The Bertz CT molecular complexity index is 886. The van der Waals surface area contributed by atoms with Crippen LogP contribution in [0.5, 0.6) is 5.88 Å². The molecule has 2 aromatic carbocycles. The summed E-state index contributed by atoms with van der Waals surface area (Å²) in [5, 5.41) is 26.6. The number of benzene rings is 2. The number of aromatic nitrogens is 3. The van der Waals surface area contributed by atoms with Gasteiger partial charge in [0.05, 0.1) is 11.6 Å². The average molecular weight is 304 g/mol. The van der Waals surface area contributed by atoms with E-state index in [4.69, 9.17) is 0 Å². The van der Waals surface area contributed by atoms with Crippen molar-refractivity contribution in [1.82, 2.24) is 15.0 Å². The van der Waals surface area contributed by atoms with E-state index < -0.39 is 0 Å². The van der Waals surface area contributed by atoms with Crippen LogP contribution in [0.4, 0.5) is 0 Å². The third-order valence-electron chi connectivity index (χ3n) is 3.93. The molecule has 5 nitrogen and oxygen atoms in total. The lowest BCUT2D eigenvalue weighted by atomic mass is 9.93. The van der Waals surface area contributed by atoms with Gasteiger partial charge in [-0.3, -0.25) is 0 Å². The Kier molecular flexibility index (Phi) is 3.82. The number of aromatic hydroxyl groups is 1. The molecule has 0 spiro atoms. The summed E-state index contributed by atoms with van der Waals surface area (Å²) < 4.78 is 1.56. The molecule has 0 saturated heterocycles. The van der Waals surface area contributed by atoms with Gasteiger partial charge in [0.2, 0.25) is 0 Å². The first-order valence-corrected chi connectivity index (χ1v) is 7.26. The van der Waals surface area contributed by atoms with Crippen molar-refractivity contribution in [2.75, 3.05) is 0 Å². The summed E-state index contributed by atoms with van der Waals surface area (Å²) in [7, 11) is 1.74. The molecule has 0 aliphatic heterocycles. The number of rotatable bonds is 3. The molecule has 0 bridgehead atoms. The summed E-state index contributed by atoms with van der Waals surface area (Å²) in [4.78, 5) is 0. The zero-order chi connectivity index (χ0) is 16.4. The highest BCUT2D eigenvalue weighted by atomic mass is 16.3. The first-order chi connectivity index (χ1) is 11.1. The monoisotopic (exact) mass is 304 g/mol. The molecule has 3 rings (SSSR count). The molecule has 5 heteroatoms. The molecule has 3 aromatic rings. The summed E-state index contributed by atoms with van der Waals surface area (Å²) >= 11 is 0. The highest BCUT2D eigenvalue weighted by molar-refractivity contribution is 5.73. The summed E-state index contributed by atoms with van der Waals surface area (Å²) in [5.74, 6) is -0.0608. The topological polar surface area (TPSA) is 74.7 Å². The molecule has 1 heterocycles. The van der Waals surface area contributed by atoms with Crippen molar-refractivity contribution in [2.24, 2.45) is 7.05 Å². The van der Waals surface area contributed by atoms with Gasteiger partial charge >= 0.3 is 0 Å². The van der Waals surface area contributed by atoms with E-state index in [2.05, 4.69) is 16.4 Å². The first-order valence-electron chi connectivity index (χ1n) is 7.26. The van der Waals surface area contributed by atoms with Crippen molar-refractivity contribution in [3.8, 4) is 23.1 Å². The Morgan fingerprint density at radius 2 is 1.96 bits per heavy atom. The van der Waals surface area contributed by atoms with Gasteiger partial charge in [-0.25, -0.2) is 4.68 Å². The van der Waals surface area contributed by atoms with Crippen LogP contribution < -0.4 is 0 Å². The zero-order valence-electron chi connectivity index (χ0n) is 13.0. The fraction of sp³-hybridized carbons (Fsp3) is 0.167. The minimum atomic E-state index is -0.0608. The van der Waals surface area contributed by atoms with Crippen molar-refractivity contribution in [3.05, 3.63) is 64.8 Å². The average Bonchev–Trinajstić information content (AvgIpc) is 2.87. The van der Waals surface area contributed by atoms with Crippen LogP contribution in [0.25, 0.3) is 11.1 Å². The normalized spacial score (nSPS) is 10.5. The Balaban J connectivity index is 2.07. The molecule has 0 aliphatic carbocycles. The number of aryl methyl sites for hydroxylation is 2. The van der Waals surface area contributed by atoms with Crippen LogP contribution in [0.1, 0.15) is 22.4 Å². The van der Waals surface area contributed by atoms with Crippen molar-refractivity contribution in [2.45, 2.75) is 13.3 Å². The van der Waals surface area contributed by atoms with Crippen LogP contribution in [0.2, 0.25) is 0 Å². The molecule has 114 valence electrons. The zero-order valence-corrected chi connectivity index (χ0v) is 13.0. The predicted molar refractivity (Wildman–Crippen MR) is 86.8 cm³/mol. The Morgan fingerprint density at radius 3 is 2.61 bits per heavy atom. The Hall–Kier alpha value is -3.13. The second-order valence-corrected chi connectivity index (χ2v) is 5.47. The minimum Gasteiger partial charge on any atom is -0.491 e. The summed E-state index contributed by atoms with van der Waals surface area (Å²) in [6.07, 6.45) is 0.500. The summed E-state index contributed by atoms with van der Waals surface area (Å²) in [5.41, 5.74) is 5.32. The quantitative estimate of drug-likeness (QED) is 0.807.